The second kappa shape index (κ2) is 33.5. The number of carbonyl (C=O) groups is 4. The maximum atomic E-state index is 11.2. The van der Waals surface area contributed by atoms with Crippen LogP contribution in [0.4, 0.5) is 0 Å². The van der Waals surface area contributed by atoms with E-state index in [-0.39, 0.29) is 85.7 Å². The molecule has 16 nitrogen and oxygen atoms in total. The molecule has 0 saturated carbocycles. The van der Waals surface area contributed by atoms with Crippen molar-refractivity contribution in [3.05, 3.63) is 142 Å². The minimum Gasteiger partial charge on any atom is -1.00 e. The molecular weight excluding hydrogens is 1330 g/mol. The van der Waals surface area contributed by atoms with Gasteiger partial charge >= 0.3 is 0 Å². The van der Waals surface area contributed by atoms with Crippen molar-refractivity contribution in [2.75, 3.05) is 0 Å². The Bertz CT molecular complexity index is 2480. The standard InChI is InChI=1S/4C14H24N2O2Si2.3ClH.Zr/c4*1-19(2,3)16(20(4,5)6)13(15)11-9-7-8-10-12(11)14(17)18;;;;/h4*7-10,15H,1-6H3,(H,17,18);3*1H;/p-7. The third kappa shape index (κ3) is 25.1. The molecule has 28 heteroatoms. The van der Waals surface area contributed by atoms with Crippen LogP contribution in [0.3, 0.4) is 0 Å². The molecule has 0 amide bonds. The number of carbonyl (C=O) groups excluding carboxylic acids is 4. The van der Waals surface area contributed by atoms with E-state index in [2.05, 4.69) is 174 Å². The van der Waals surface area contributed by atoms with Crippen molar-refractivity contribution in [3.8, 4) is 0 Å². The van der Waals surface area contributed by atoms with Crippen LogP contribution in [-0.2, 0) is 26.2 Å². The molecule has 0 unspecified atom stereocenters. The van der Waals surface area contributed by atoms with Gasteiger partial charge in [0.25, 0.3) is 0 Å². The van der Waals surface area contributed by atoms with Crippen LogP contribution < -0.4 is 57.6 Å². The van der Waals surface area contributed by atoms with Crippen molar-refractivity contribution in [1.82, 2.24) is 16.9 Å². The van der Waals surface area contributed by atoms with Crippen molar-refractivity contribution in [3.63, 3.8) is 0 Å². The van der Waals surface area contributed by atoms with E-state index in [4.69, 9.17) is 21.6 Å². The summed E-state index contributed by atoms with van der Waals surface area (Å²) < 4.78 is 8.78. The Morgan fingerprint density at radius 2 is 0.357 bits per heavy atom. The van der Waals surface area contributed by atoms with E-state index in [0.29, 0.717) is 45.6 Å². The molecule has 4 N–H and O–H groups in total. The molecule has 4 aromatic rings. The summed E-state index contributed by atoms with van der Waals surface area (Å²) in [4.78, 5) is 45.0. The minimum absolute atomic E-state index is 0. The summed E-state index contributed by atoms with van der Waals surface area (Å²) in [7, 11) is -14.1. The molecule has 0 radical (unpaired) electrons. The van der Waals surface area contributed by atoms with Gasteiger partial charge in [-0.3, -0.25) is 21.6 Å². The fourth-order valence-electron chi connectivity index (χ4n) is 10.7. The first-order valence-electron chi connectivity index (χ1n) is 26.6. The van der Waals surface area contributed by atoms with E-state index in [9.17, 15) is 39.6 Å². The largest absolute Gasteiger partial charge is 1.00 e. The maximum Gasteiger partial charge on any atom is 0.139 e. The Morgan fingerprint density at radius 3 is 0.440 bits per heavy atom. The fourth-order valence-corrected chi connectivity index (χ4v) is 49.2. The van der Waals surface area contributed by atoms with Crippen LogP contribution in [0.5, 0.6) is 0 Å². The molecule has 468 valence electrons. The Labute approximate surface area is 548 Å². The number of carboxylic acids is 4. The van der Waals surface area contributed by atoms with E-state index >= 15 is 0 Å². The van der Waals surface area contributed by atoms with Gasteiger partial charge in [0.05, 0.1) is 23.9 Å². The van der Waals surface area contributed by atoms with E-state index in [0.717, 1.165) is 0 Å². The summed E-state index contributed by atoms with van der Waals surface area (Å²) in [6, 6.07) is 26.5. The Hall–Kier alpha value is -3.87. The van der Waals surface area contributed by atoms with Gasteiger partial charge in [-0.25, -0.2) is 0 Å². The minimum atomic E-state index is -1.77. The molecule has 4 aromatic carbocycles. The molecule has 0 heterocycles. The zero-order valence-electron chi connectivity index (χ0n) is 53.9. The summed E-state index contributed by atoms with van der Waals surface area (Å²) in [5, 5.41) is 79.1. The van der Waals surface area contributed by atoms with E-state index in [1.165, 1.54) is 24.3 Å². The summed E-state index contributed by atoms with van der Waals surface area (Å²) in [6.45, 7) is 52.4. The zero-order chi connectivity index (χ0) is 62.9. The quantitative estimate of drug-likeness (QED) is 0.0675. The molecule has 0 aliphatic heterocycles. The Kier molecular flexibility index (Phi) is 34.5. The van der Waals surface area contributed by atoms with Crippen LogP contribution in [0.2, 0.25) is 157 Å². The number of nitrogens with zero attached hydrogens (tertiary/aromatic N) is 4. The SMILES string of the molecule is C[Si](C)(C)N(C(=N)c1ccccc1C(=O)[O-])[Si](C)(C)C.C[Si](C)(C)N(C(=N)c1ccccc1C(=O)[O-])[Si](C)(C)C.C[Si](C)(C)N(C(=N)c1ccccc1C(=O)[O-])[Si](C)(C)C.C[Si](C)(C)N(C(=N)c1ccccc1C(=O)[O-])[Si](C)(C)C.[Cl-].[Cl-].[Cl-].[Zr]. The summed E-state index contributed by atoms with van der Waals surface area (Å²) in [5.41, 5.74) is 2.21. The van der Waals surface area contributed by atoms with Gasteiger partial charge in [-0.2, -0.15) is 0 Å². The van der Waals surface area contributed by atoms with Crippen molar-refractivity contribution in [1.29, 1.82) is 21.6 Å². The van der Waals surface area contributed by atoms with Crippen LogP contribution in [0.15, 0.2) is 97.1 Å². The Morgan fingerprint density at radius 1 is 0.262 bits per heavy atom. The molecular formula is C56H92Cl3N8O8Si8Zr-7. The predicted octanol–water partition coefficient (Wildman–Crippen LogP) is 0.399. The normalized spacial score (nSPS) is 11.5. The van der Waals surface area contributed by atoms with E-state index < -0.39 is 89.8 Å². The van der Waals surface area contributed by atoms with Gasteiger partial charge in [0.1, 0.15) is 89.2 Å². The van der Waals surface area contributed by atoms with Crippen molar-refractivity contribution in [2.45, 2.75) is 157 Å². The third-order valence-corrected chi connectivity index (χ3v) is 40.5. The second-order valence-electron chi connectivity index (χ2n) is 27.4. The number of rotatable bonds is 16. The maximum absolute atomic E-state index is 11.2. The number of benzene rings is 4. The molecule has 0 atom stereocenters. The topological polar surface area (TPSA) is 269 Å². The van der Waals surface area contributed by atoms with Gasteiger partial charge < -0.3 is 93.7 Å². The number of amidine groups is 4. The van der Waals surface area contributed by atoms with E-state index in [1.54, 1.807) is 72.8 Å². The van der Waals surface area contributed by atoms with Crippen molar-refractivity contribution >= 4 is 113 Å². The van der Waals surface area contributed by atoms with Crippen molar-refractivity contribution < 1.29 is 103 Å². The number of hydrogen-bond acceptors (Lipinski definition) is 12. The first-order valence-corrected chi connectivity index (χ1v) is 54.2. The van der Waals surface area contributed by atoms with Gasteiger partial charge in [-0.05, 0) is 0 Å². The number of nitrogens with one attached hydrogen (secondary N) is 4. The first kappa shape index (κ1) is 86.6. The van der Waals surface area contributed by atoms with Gasteiger partial charge in [-0.1, -0.05) is 254 Å². The van der Waals surface area contributed by atoms with Crippen LogP contribution in [0, 0.1) is 21.6 Å². The van der Waals surface area contributed by atoms with Gasteiger partial charge in [0.2, 0.25) is 0 Å². The van der Waals surface area contributed by atoms with Crippen LogP contribution in [0.25, 0.3) is 0 Å². The number of halogens is 3. The second-order valence-corrected chi connectivity index (χ2v) is 67.5. The van der Waals surface area contributed by atoms with Gasteiger partial charge in [0, 0.05) is 70.7 Å². The molecule has 0 fully saturated rings. The number of aromatic carboxylic acids is 4. The van der Waals surface area contributed by atoms with Gasteiger partial charge in [-0.15, -0.1) is 0 Å². The molecule has 0 aromatic heterocycles. The average Bonchev–Trinajstić information content (AvgIpc) is 3.25. The number of carboxylic acid groups (broad SMARTS) is 4. The summed E-state index contributed by atoms with van der Waals surface area (Å²) in [6.07, 6.45) is 0. The van der Waals surface area contributed by atoms with Gasteiger partial charge in [0.15, 0.2) is 0 Å². The molecule has 4 rings (SSSR count). The van der Waals surface area contributed by atoms with Crippen LogP contribution >= 0.6 is 0 Å². The van der Waals surface area contributed by atoms with Crippen LogP contribution in [-0.4, -0.2) is 130 Å². The van der Waals surface area contributed by atoms with E-state index in [1.807, 2.05) is 0 Å². The number of hydrogen-bond donors (Lipinski definition) is 4. The average molecular weight is 1430 g/mol. The molecule has 0 spiro atoms. The predicted molar refractivity (Wildman–Crippen MR) is 345 cm³/mol. The molecule has 0 aliphatic rings. The summed E-state index contributed by atoms with van der Waals surface area (Å²) >= 11 is 0. The third-order valence-electron chi connectivity index (χ3n) is 11.9. The van der Waals surface area contributed by atoms with Crippen LogP contribution in [0.1, 0.15) is 63.7 Å². The smallest absolute Gasteiger partial charge is 0.139 e. The zero-order valence-corrected chi connectivity index (χ0v) is 66.7. The van der Waals surface area contributed by atoms with Crippen molar-refractivity contribution in [2.24, 2.45) is 0 Å². The molecule has 0 bridgehead atoms. The Balaban J connectivity index is -0.000000500. The molecule has 84 heavy (non-hydrogen) atoms. The summed E-state index contributed by atoms with van der Waals surface area (Å²) in [5.74, 6) is -3.61. The fraction of sp³-hybridized carbons (Fsp3) is 0.429. The molecule has 0 aliphatic carbocycles. The monoisotopic (exact) mass is 1420 g/mol. The first-order chi connectivity index (χ1) is 35.8. The molecule has 0 saturated heterocycles.